The molecular formula is C15H18N4S2. The number of thiazole rings is 1. The second-order valence-corrected chi connectivity index (χ2v) is 7.59. The fourth-order valence-corrected chi connectivity index (χ4v) is 5.05. The number of hydrogen-bond donors (Lipinski definition) is 2. The summed E-state index contributed by atoms with van der Waals surface area (Å²) in [6.07, 6.45) is 10.1. The van der Waals surface area contributed by atoms with Crippen LogP contribution in [0.15, 0.2) is 23.8 Å². The molecule has 0 amide bonds. The minimum atomic E-state index is 0.158. The van der Waals surface area contributed by atoms with Crippen LogP contribution in [0.2, 0.25) is 0 Å². The van der Waals surface area contributed by atoms with Crippen LogP contribution in [0, 0.1) is 0 Å². The van der Waals surface area contributed by atoms with Crippen LogP contribution in [0.1, 0.15) is 39.9 Å². The van der Waals surface area contributed by atoms with Gasteiger partial charge in [0.2, 0.25) is 0 Å². The number of hydrogen-bond acceptors (Lipinski definition) is 5. The van der Waals surface area contributed by atoms with Crippen LogP contribution in [0.3, 0.4) is 0 Å². The van der Waals surface area contributed by atoms with Gasteiger partial charge in [0.05, 0.1) is 11.7 Å². The number of aromatic nitrogens is 2. The quantitative estimate of drug-likeness (QED) is 0.574. The summed E-state index contributed by atoms with van der Waals surface area (Å²) in [6.45, 7) is 0. The molecule has 1 aliphatic rings. The molecule has 1 aliphatic carbocycles. The van der Waals surface area contributed by atoms with Gasteiger partial charge in [0.1, 0.15) is 0 Å². The van der Waals surface area contributed by atoms with Gasteiger partial charge in [-0.25, -0.2) is 4.98 Å². The first-order chi connectivity index (χ1) is 10.3. The van der Waals surface area contributed by atoms with E-state index in [0.717, 1.165) is 17.1 Å². The molecule has 0 bridgehead atoms. The van der Waals surface area contributed by atoms with Crippen molar-refractivity contribution in [3.8, 4) is 0 Å². The minimum absolute atomic E-state index is 0.158. The highest BCUT2D eigenvalue weighted by atomic mass is 32.1. The molecular weight excluding hydrogens is 300 g/mol. The van der Waals surface area contributed by atoms with E-state index in [1.54, 1.807) is 16.2 Å². The Bertz CT molecular complexity index is 703. The summed E-state index contributed by atoms with van der Waals surface area (Å²) in [5, 5.41) is 2.05. The first-order valence-corrected chi connectivity index (χ1v) is 9.02. The summed E-state index contributed by atoms with van der Waals surface area (Å²) in [6, 6.07) is 2.51. The Morgan fingerprint density at radius 3 is 3.10 bits per heavy atom. The SMILES string of the molecule is NNC(Cc1cn2ccsc2n1)c1cc2c(s1)CCCC2. The molecule has 0 spiro atoms. The first-order valence-electron chi connectivity index (χ1n) is 7.32. The molecule has 0 fully saturated rings. The Balaban J connectivity index is 1.59. The monoisotopic (exact) mass is 318 g/mol. The van der Waals surface area contributed by atoms with E-state index in [2.05, 4.69) is 32.5 Å². The summed E-state index contributed by atoms with van der Waals surface area (Å²) in [7, 11) is 0. The Kier molecular flexibility index (Phi) is 3.54. The molecule has 4 nitrogen and oxygen atoms in total. The van der Waals surface area contributed by atoms with Gasteiger partial charge in [-0.05, 0) is 37.3 Å². The van der Waals surface area contributed by atoms with Crippen LogP contribution in [0.4, 0.5) is 0 Å². The maximum absolute atomic E-state index is 5.80. The van der Waals surface area contributed by atoms with Crippen LogP contribution >= 0.6 is 22.7 Å². The Morgan fingerprint density at radius 2 is 2.29 bits per heavy atom. The molecule has 0 saturated heterocycles. The van der Waals surface area contributed by atoms with E-state index >= 15 is 0 Å². The van der Waals surface area contributed by atoms with E-state index < -0.39 is 0 Å². The van der Waals surface area contributed by atoms with E-state index in [9.17, 15) is 0 Å². The van der Waals surface area contributed by atoms with Gasteiger partial charge in [-0.2, -0.15) is 0 Å². The second kappa shape index (κ2) is 5.53. The summed E-state index contributed by atoms with van der Waals surface area (Å²) >= 11 is 3.59. The van der Waals surface area contributed by atoms with E-state index in [1.165, 1.54) is 36.1 Å². The largest absolute Gasteiger partial charge is 0.297 e. The Hall–Kier alpha value is -1.21. The van der Waals surface area contributed by atoms with Crippen molar-refractivity contribution in [2.24, 2.45) is 5.84 Å². The Labute approximate surface area is 131 Å². The van der Waals surface area contributed by atoms with Crippen molar-refractivity contribution >= 4 is 27.6 Å². The van der Waals surface area contributed by atoms with E-state index in [-0.39, 0.29) is 6.04 Å². The predicted molar refractivity (Wildman–Crippen MR) is 87.8 cm³/mol. The lowest BCUT2D eigenvalue weighted by atomic mass is 9.98. The van der Waals surface area contributed by atoms with Gasteiger partial charge in [-0.1, -0.05) is 0 Å². The number of nitrogens with zero attached hydrogens (tertiary/aromatic N) is 2. The number of nitrogens with two attached hydrogens (primary N) is 1. The maximum atomic E-state index is 5.80. The summed E-state index contributed by atoms with van der Waals surface area (Å²) in [5.74, 6) is 5.80. The van der Waals surface area contributed by atoms with Crippen molar-refractivity contribution in [3.05, 3.63) is 44.9 Å². The number of hydrazine groups is 1. The van der Waals surface area contributed by atoms with E-state index in [1.807, 2.05) is 17.5 Å². The van der Waals surface area contributed by atoms with Crippen molar-refractivity contribution in [2.45, 2.75) is 38.1 Å². The molecule has 3 N–H and O–H groups in total. The third-order valence-electron chi connectivity index (χ3n) is 4.12. The van der Waals surface area contributed by atoms with Crippen molar-refractivity contribution in [2.75, 3.05) is 0 Å². The number of nitrogens with one attached hydrogen (secondary N) is 1. The molecule has 0 radical (unpaired) electrons. The molecule has 0 saturated carbocycles. The number of rotatable bonds is 4. The molecule has 110 valence electrons. The zero-order chi connectivity index (χ0) is 14.2. The van der Waals surface area contributed by atoms with Gasteiger partial charge >= 0.3 is 0 Å². The van der Waals surface area contributed by atoms with Gasteiger partial charge in [0.25, 0.3) is 0 Å². The smallest absolute Gasteiger partial charge is 0.193 e. The topological polar surface area (TPSA) is 55.3 Å². The average Bonchev–Trinajstić information content (AvgIpc) is 3.17. The third-order valence-corrected chi connectivity index (χ3v) is 6.24. The molecule has 3 aromatic rings. The molecule has 1 unspecified atom stereocenters. The van der Waals surface area contributed by atoms with Gasteiger partial charge in [0.15, 0.2) is 4.96 Å². The fraction of sp³-hybridized carbons (Fsp3) is 0.400. The van der Waals surface area contributed by atoms with Crippen LogP contribution < -0.4 is 11.3 Å². The van der Waals surface area contributed by atoms with Crippen molar-refractivity contribution in [3.63, 3.8) is 0 Å². The van der Waals surface area contributed by atoms with Crippen molar-refractivity contribution in [1.82, 2.24) is 14.8 Å². The van der Waals surface area contributed by atoms with Gasteiger partial charge in [-0.3, -0.25) is 15.7 Å². The lowest BCUT2D eigenvalue weighted by Gasteiger charge is -2.12. The second-order valence-electron chi connectivity index (χ2n) is 5.55. The van der Waals surface area contributed by atoms with Gasteiger partial charge in [0, 0.05) is 33.9 Å². The molecule has 0 aromatic carbocycles. The average molecular weight is 318 g/mol. The number of imidazole rings is 1. The maximum Gasteiger partial charge on any atom is 0.193 e. The minimum Gasteiger partial charge on any atom is -0.297 e. The third kappa shape index (κ3) is 2.53. The zero-order valence-corrected chi connectivity index (χ0v) is 13.3. The van der Waals surface area contributed by atoms with Gasteiger partial charge < -0.3 is 0 Å². The molecule has 3 aromatic heterocycles. The van der Waals surface area contributed by atoms with Crippen LogP contribution in [0.25, 0.3) is 4.96 Å². The predicted octanol–water partition coefficient (Wildman–Crippen LogP) is 3.08. The van der Waals surface area contributed by atoms with Crippen LogP contribution in [-0.2, 0) is 19.3 Å². The molecule has 0 aliphatic heterocycles. The number of thiophene rings is 1. The first kappa shape index (κ1) is 13.5. The standard InChI is InChI=1S/C15H18N4S2/c16-18-12(8-11-9-19-5-6-20-15(19)17-11)14-7-10-3-1-2-4-13(10)21-14/h5-7,9,12,18H,1-4,8,16H2. The molecule has 6 heteroatoms. The van der Waals surface area contributed by atoms with Crippen molar-refractivity contribution in [1.29, 1.82) is 0 Å². The van der Waals surface area contributed by atoms with Crippen molar-refractivity contribution < 1.29 is 0 Å². The lowest BCUT2D eigenvalue weighted by molar-refractivity contribution is 0.555. The zero-order valence-electron chi connectivity index (χ0n) is 11.7. The Morgan fingerprint density at radius 1 is 1.38 bits per heavy atom. The summed E-state index contributed by atoms with van der Waals surface area (Å²) in [5.41, 5.74) is 5.61. The highest BCUT2D eigenvalue weighted by molar-refractivity contribution is 7.15. The number of fused-ring (bicyclic) bond motifs is 2. The summed E-state index contributed by atoms with van der Waals surface area (Å²) in [4.78, 5) is 8.61. The van der Waals surface area contributed by atoms with Crippen LogP contribution in [-0.4, -0.2) is 9.38 Å². The number of aryl methyl sites for hydroxylation is 2. The van der Waals surface area contributed by atoms with Gasteiger partial charge in [-0.15, -0.1) is 22.7 Å². The molecule has 1 atom stereocenters. The highest BCUT2D eigenvalue weighted by Crippen LogP contribution is 2.33. The normalized spacial score (nSPS) is 16.2. The van der Waals surface area contributed by atoms with E-state index in [4.69, 9.17) is 5.84 Å². The molecule has 4 rings (SSSR count). The highest BCUT2D eigenvalue weighted by Gasteiger charge is 2.19. The lowest BCUT2D eigenvalue weighted by Crippen LogP contribution is -2.29. The van der Waals surface area contributed by atoms with Crippen LogP contribution in [0.5, 0.6) is 0 Å². The summed E-state index contributed by atoms with van der Waals surface area (Å²) < 4.78 is 2.08. The molecule has 21 heavy (non-hydrogen) atoms. The molecule has 3 heterocycles. The van der Waals surface area contributed by atoms with E-state index in [0.29, 0.717) is 0 Å². The fourth-order valence-electron chi connectivity index (χ4n) is 3.01.